The van der Waals surface area contributed by atoms with E-state index in [4.69, 9.17) is 5.73 Å². The summed E-state index contributed by atoms with van der Waals surface area (Å²) in [6, 6.07) is 4.77. The number of hydrazone groups is 1. The quantitative estimate of drug-likeness (QED) is 0.247. The Kier molecular flexibility index (Phi) is 5.49. The second kappa shape index (κ2) is 7.12. The minimum absolute atomic E-state index is 0.0254. The van der Waals surface area contributed by atoms with Gasteiger partial charge >= 0.3 is 5.97 Å². The van der Waals surface area contributed by atoms with Crippen molar-refractivity contribution in [3.63, 3.8) is 0 Å². The van der Waals surface area contributed by atoms with E-state index in [0.29, 0.717) is 11.1 Å². The SMILES string of the molecule is COC(=O)C=Cc1ccc(O)c(C=NNC(N)=S)c1. The number of ether oxygens (including phenoxy) is 1. The van der Waals surface area contributed by atoms with Gasteiger partial charge in [-0.05, 0) is 36.0 Å². The number of esters is 1. The number of rotatable bonds is 4. The van der Waals surface area contributed by atoms with E-state index in [1.54, 1.807) is 18.2 Å². The molecule has 0 atom stereocenters. The van der Waals surface area contributed by atoms with E-state index in [-0.39, 0.29) is 10.9 Å². The minimum atomic E-state index is -0.460. The van der Waals surface area contributed by atoms with Crippen molar-refractivity contribution >= 4 is 35.6 Å². The van der Waals surface area contributed by atoms with Crippen LogP contribution in [0.15, 0.2) is 29.4 Å². The Bertz CT molecular complexity index is 541. The Morgan fingerprint density at radius 1 is 1.58 bits per heavy atom. The molecule has 0 heterocycles. The van der Waals surface area contributed by atoms with Crippen LogP contribution in [0.2, 0.25) is 0 Å². The van der Waals surface area contributed by atoms with Crippen LogP contribution in [0.4, 0.5) is 0 Å². The van der Waals surface area contributed by atoms with Crippen molar-refractivity contribution in [2.24, 2.45) is 10.8 Å². The predicted octanol–water partition coefficient (Wildman–Crippen LogP) is 0.746. The predicted molar refractivity (Wildman–Crippen MR) is 76.7 cm³/mol. The number of nitrogens with one attached hydrogen (secondary N) is 1. The van der Waals surface area contributed by atoms with Crippen LogP contribution < -0.4 is 11.2 Å². The fourth-order valence-electron chi connectivity index (χ4n) is 1.18. The molecule has 1 aromatic carbocycles. The normalized spacial score (nSPS) is 10.8. The van der Waals surface area contributed by atoms with Crippen molar-refractivity contribution in [2.45, 2.75) is 0 Å². The van der Waals surface area contributed by atoms with Crippen molar-refractivity contribution in [2.75, 3.05) is 7.11 Å². The van der Waals surface area contributed by atoms with E-state index in [1.807, 2.05) is 0 Å². The van der Waals surface area contributed by atoms with Crippen LogP contribution in [0.25, 0.3) is 6.08 Å². The Balaban J connectivity index is 2.88. The molecular weight excluding hydrogens is 266 g/mol. The molecule has 0 saturated carbocycles. The monoisotopic (exact) mass is 279 g/mol. The van der Waals surface area contributed by atoms with Crippen LogP contribution in [0.1, 0.15) is 11.1 Å². The molecule has 0 spiro atoms. The first-order chi connectivity index (χ1) is 9.02. The first kappa shape index (κ1) is 14.7. The zero-order valence-electron chi connectivity index (χ0n) is 10.2. The molecule has 7 heteroatoms. The number of phenols is 1. The van der Waals surface area contributed by atoms with E-state index in [1.165, 1.54) is 25.5 Å². The Labute approximate surface area is 115 Å². The number of aromatic hydroxyl groups is 1. The second-order valence-electron chi connectivity index (χ2n) is 3.41. The van der Waals surface area contributed by atoms with Gasteiger partial charge in [0.1, 0.15) is 5.75 Å². The van der Waals surface area contributed by atoms with Crippen LogP contribution in [-0.4, -0.2) is 29.5 Å². The number of phenolic OH excluding ortho intramolecular Hbond substituents is 1. The molecule has 0 bridgehead atoms. The molecule has 4 N–H and O–H groups in total. The van der Waals surface area contributed by atoms with Crippen molar-refractivity contribution in [3.8, 4) is 5.75 Å². The van der Waals surface area contributed by atoms with Gasteiger partial charge in [-0.1, -0.05) is 6.07 Å². The molecule has 0 aliphatic carbocycles. The fourth-order valence-corrected chi connectivity index (χ4v) is 1.23. The van der Waals surface area contributed by atoms with Crippen molar-refractivity contribution in [1.29, 1.82) is 0 Å². The minimum Gasteiger partial charge on any atom is -0.507 e. The highest BCUT2D eigenvalue weighted by Crippen LogP contribution is 2.17. The number of hydrogen-bond donors (Lipinski definition) is 3. The van der Waals surface area contributed by atoms with Crippen LogP contribution in [-0.2, 0) is 9.53 Å². The topological polar surface area (TPSA) is 96.9 Å². The van der Waals surface area contributed by atoms with Gasteiger partial charge in [0.25, 0.3) is 0 Å². The van der Waals surface area contributed by atoms with Crippen LogP contribution in [0.5, 0.6) is 5.75 Å². The zero-order valence-corrected chi connectivity index (χ0v) is 11.0. The number of thiocarbonyl (C=S) groups is 1. The lowest BCUT2D eigenvalue weighted by molar-refractivity contribution is -0.134. The lowest BCUT2D eigenvalue weighted by atomic mass is 10.1. The molecule has 0 saturated heterocycles. The fraction of sp³-hybridized carbons (Fsp3) is 0.0833. The molecule has 0 aromatic heterocycles. The van der Waals surface area contributed by atoms with Gasteiger partial charge in [0, 0.05) is 11.6 Å². The number of nitrogens with two attached hydrogens (primary N) is 1. The highest BCUT2D eigenvalue weighted by molar-refractivity contribution is 7.80. The molecule has 0 fully saturated rings. The number of hydrogen-bond acceptors (Lipinski definition) is 5. The van der Waals surface area contributed by atoms with Crippen molar-refractivity contribution in [1.82, 2.24) is 5.43 Å². The lowest BCUT2D eigenvalue weighted by Crippen LogP contribution is -2.23. The molecule has 0 radical (unpaired) electrons. The molecular formula is C12H13N3O3S. The Morgan fingerprint density at radius 2 is 2.32 bits per heavy atom. The van der Waals surface area contributed by atoms with E-state index < -0.39 is 5.97 Å². The summed E-state index contributed by atoms with van der Waals surface area (Å²) in [4.78, 5) is 11.0. The summed E-state index contributed by atoms with van der Waals surface area (Å²) in [5.74, 6) is -0.415. The lowest BCUT2D eigenvalue weighted by Gasteiger charge is -2.01. The number of carbonyl (C=O) groups is 1. The van der Waals surface area contributed by atoms with Gasteiger partial charge in [0.15, 0.2) is 5.11 Å². The molecule has 100 valence electrons. The van der Waals surface area contributed by atoms with Crippen molar-refractivity contribution < 1.29 is 14.6 Å². The zero-order chi connectivity index (χ0) is 14.3. The van der Waals surface area contributed by atoms with E-state index in [0.717, 1.165) is 0 Å². The van der Waals surface area contributed by atoms with Gasteiger partial charge in [0.2, 0.25) is 0 Å². The highest BCUT2D eigenvalue weighted by atomic mass is 32.1. The molecule has 19 heavy (non-hydrogen) atoms. The Morgan fingerprint density at radius 3 is 2.95 bits per heavy atom. The average Bonchev–Trinajstić information content (AvgIpc) is 2.38. The third-order valence-electron chi connectivity index (χ3n) is 2.04. The summed E-state index contributed by atoms with van der Waals surface area (Å²) in [6.45, 7) is 0. The number of nitrogens with zero attached hydrogens (tertiary/aromatic N) is 1. The van der Waals surface area contributed by atoms with Gasteiger partial charge < -0.3 is 15.6 Å². The van der Waals surface area contributed by atoms with E-state index >= 15 is 0 Å². The van der Waals surface area contributed by atoms with Crippen LogP contribution in [0.3, 0.4) is 0 Å². The summed E-state index contributed by atoms with van der Waals surface area (Å²) < 4.78 is 4.48. The highest BCUT2D eigenvalue weighted by Gasteiger charge is 1.99. The van der Waals surface area contributed by atoms with E-state index in [2.05, 4.69) is 27.5 Å². The molecule has 0 amide bonds. The average molecular weight is 279 g/mol. The molecule has 1 rings (SSSR count). The van der Waals surface area contributed by atoms with Gasteiger partial charge in [-0.3, -0.25) is 5.43 Å². The maximum absolute atomic E-state index is 11.0. The van der Waals surface area contributed by atoms with Crippen molar-refractivity contribution in [3.05, 3.63) is 35.4 Å². The van der Waals surface area contributed by atoms with Gasteiger partial charge in [-0.15, -0.1) is 0 Å². The molecule has 1 aromatic rings. The smallest absolute Gasteiger partial charge is 0.330 e. The van der Waals surface area contributed by atoms with E-state index in [9.17, 15) is 9.90 Å². The molecule has 0 aliphatic rings. The molecule has 0 unspecified atom stereocenters. The number of carbonyl (C=O) groups excluding carboxylic acids is 1. The summed E-state index contributed by atoms with van der Waals surface area (Å²) in [5, 5.41) is 13.4. The molecule has 6 nitrogen and oxygen atoms in total. The number of methoxy groups -OCH3 is 1. The van der Waals surface area contributed by atoms with Gasteiger partial charge in [-0.25, -0.2) is 4.79 Å². The van der Waals surface area contributed by atoms with Crippen LogP contribution >= 0.6 is 12.2 Å². The summed E-state index contributed by atoms with van der Waals surface area (Å²) in [5.41, 5.74) is 8.74. The summed E-state index contributed by atoms with van der Waals surface area (Å²) >= 11 is 4.58. The summed E-state index contributed by atoms with van der Waals surface area (Å²) in [7, 11) is 1.29. The summed E-state index contributed by atoms with van der Waals surface area (Å²) in [6.07, 6.45) is 4.20. The van der Waals surface area contributed by atoms with Crippen LogP contribution in [0, 0.1) is 0 Å². The third kappa shape index (κ3) is 5.17. The first-order valence-electron chi connectivity index (χ1n) is 5.20. The maximum Gasteiger partial charge on any atom is 0.330 e. The Hall–Kier alpha value is -2.41. The van der Waals surface area contributed by atoms with Gasteiger partial charge in [0.05, 0.1) is 13.3 Å². The maximum atomic E-state index is 11.0. The molecule has 0 aliphatic heterocycles. The first-order valence-corrected chi connectivity index (χ1v) is 5.61. The van der Waals surface area contributed by atoms with Gasteiger partial charge in [-0.2, -0.15) is 5.10 Å². The standard InChI is InChI=1S/C12H13N3O3S/c1-18-11(17)5-3-8-2-4-10(16)9(6-8)7-14-15-12(13)19/h2-7,16H,1H3,(H3,13,15,19). The largest absolute Gasteiger partial charge is 0.507 e. The number of benzene rings is 1. The second-order valence-corrected chi connectivity index (χ2v) is 3.85. The third-order valence-corrected chi connectivity index (χ3v) is 2.13.